The zero-order valence-electron chi connectivity index (χ0n) is 12.3. The van der Waals surface area contributed by atoms with Crippen LogP contribution in [0.5, 0.6) is 0 Å². The predicted molar refractivity (Wildman–Crippen MR) is 79.2 cm³/mol. The van der Waals surface area contributed by atoms with Crippen LogP contribution in [0, 0.1) is 0 Å². The summed E-state index contributed by atoms with van der Waals surface area (Å²) in [5.41, 5.74) is 0.245. The summed E-state index contributed by atoms with van der Waals surface area (Å²) in [6.45, 7) is 6.71. The van der Waals surface area contributed by atoms with Gasteiger partial charge in [-0.25, -0.2) is 8.42 Å². The van der Waals surface area contributed by atoms with Gasteiger partial charge in [-0.2, -0.15) is 0 Å². The average molecular weight is 288 g/mol. The van der Waals surface area contributed by atoms with Crippen molar-refractivity contribution in [2.45, 2.75) is 57.5 Å². The highest BCUT2D eigenvalue weighted by molar-refractivity contribution is 7.91. The lowest BCUT2D eigenvalue weighted by Crippen LogP contribution is -2.64. The van der Waals surface area contributed by atoms with Gasteiger partial charge in [-0.05, 0) is 19.3 Å². The van der Waals surface area contributed by atoms with Crippen molar-refractivity contribution in [2.75, 3.05) is 31.1 Å². The Kier molecular flexibility index (Phi) is 4.90. The predicted octanol–water partition coefficient (Wildman–Crippen LogP) is 1.42. The van der Waals surface area contributed by atoms with E-state index in [0.717, 1.165) is 19.5 Å². The van der Waals surface area contributed by atoms with E-state index >= 15 is 0 Å². The van der Waals surface area contributed by atoms with E-state index in [2.05, 4.69) is 17.1 Å². The Morgan fingerprint density at radius 2 is 1.95 bits per heavy atom. The van der Waals surface area contributed by atoms with E-state index < -0.39 is 9.84 Å². The second kappa shape index (κ2) is 6.10. The number of nitrogens with one attached hydrogen (secondary N) is 1. The van der Waals surface area contributed by atoms with E-state index in [-0.39, 0.29) is 11.3 Å². The van der Waals surface area contributed by atoms with E-state index in [4.69, 9.17) is 0 Å². The zero-order chi connectivity index (χ0) is 13.9. The number of hydrogen-bond acceptors (Lipinski definition) is 4. The van der Waals surface area contributed by atoms with Gasteiger partial charge in [-0.15, -0.1) is 0 Å². The van der Waals surface area contributed by atoms with Crippen LogP contribution in [-0.2, 0) is 9.84 Å². The standard InChI is InChI=1S/C14H28N2O2S/c1-3-13-11-16(9-10-19(17,18)4-2)14(12-15-13)7-5-6-8-14/h13,15H,3-12H2,1-2H3. The van der Waals surface area contributed by atoms with Crippen LogP contribution in [0.15, 0.2) is 0 Å². The third-order valence-electron chi connectivity index (χ3n) is 4.97. The van der Waals surface area contributed by atoms with Crippen molar-refractivity contribution >= 4 is 9.84 Å². The van der Waals surface area contributed by atoms with Gasteiger partial charge in [0.2, 0.25) is 0 Å². The summed E-state index contributed by atoms with van der Waals surface area (Å²) in [5, 5.41) is 3.65. The normalized spacial score (nSPS) is 28.0. The fourth-order valence-electron chi connectivity index (χ4n) is 3.49. The third kappa shape index (κ3) is 3.50. The molecule has 1 atom stereocenters. The molecule has 1 unspecified atom stereocenters. The van der Waals surface area contributed by atoms with E-state index in [1.165, 1.54) is 25.7 Å². The fraction of sp³-hybridized carbons (Fsp3) is 1.00. The number of hydrogen-bond donors (Lipinski definition) is 1. The van der Waals surface area contributed by atoms with Gasteiger partial charge in [-0.3, -0.25) is 4.90 Å². The minimum Gasteiger partial charge on any atom is -0.311 e. The van der Waals surface area contributed by atoms with Crippen LogP contribution in [0.3, 0.4) is 0 Å². The molecule has 4 nitrogen and oxygen atoms in total. The molecule has 1 saturated heterocycles. The van der Waals surface area contributed by atoms with Crippen LogP contribution in [0.1, 0.15) is 46.0 Å². The first kappa shape index (κ1) is 15.3. The van der Waals surface area contributed by atoms with E-state index in [9.17, 15) is 8.42 Å². The summed E-state index contributed by atoms with van der Waals surface area (Å²) < 4.78 is 23.5. The second-order valence-corrected chi connectivity index (χ2v) is 8.57. The van der Waals surface area contributed by atoms with E-state index in [1.54, 1.807) is 6.92 Å². The molecule has 1 heterocycles. The van der Waals surface area contributed by atoms with Crippen molar-refractivity contribution < 1.29 is 8.42 Å². The van der Waals surface area contributed by atoms with Crippen LogP contribution in [0.4, 0.5) is 0 Å². The third-order valence-corrected chi connectivity index (χ3v) is 6.65. The zero-order valence-corrected chi connectivity index (χ0v) is 13.1. The summed E-state index contributed by atoms with van der Waals surface area (Å²) in [6.07, 6.45) is 6.14. The van der Waals surface area contributed by atoms with Gasteiger partial charge >= 0.3 is 0 Å². The molecule has 2 aliphatic rings. The number of sulfone groups is 1. The first-order valence-corrected chi connectivity index (χ1v) is 9.52. The Balaban J connectivity index is 2.03. The number of piperazine rings is 1. The molecule has 2 rings (SSSR count). The molecule has 5 heteroatoms. The topological polar surface area (TPSA) is 49.4 Å². The van der Waals surface area contributed by atoms with Crippen molar-refractivity contribution in [3.8, 4) is 0 Å². The summed E-state index contributed by atoms with van der Waals surface area (Å²) in [4.78, 5) is 2.48. The van der Waals surface area contributed by atoms with Crippen LogP contribution >= 0.6 is 0 Å². The molecule has 0 bridgehead atoms. The Morgan fingerprint density at radius 3 is 2.53 bits per heavy atom. The van der Waals surface area contributed by atoms with Gasteiger partial charge < -0.3 is 5.32 Å². The lowest BCUT2D eigenvalue weighted by molar-refractivity contribution is 0.0480. The van der Waals surface area contributed by atoms with Crippen molar-refractivity contribution in [1.82, 2.24) is 10.2 Å². The van der Waals surface area contributed by atoms with Crippen LogP contribution < -0.4 is 5.32 Å². The molecule has 1 aliphatic heterocycles. The highest BCUT2D eigenvalue weighted by Gasteiger charge is 2.43. The largest absolute Gasteiger partial charge is 0.311 e. The highest BCUT2D eigenvalue weighted by Crippen LogP contribution is 2.36. The van der Waals surface area contributed by atoms with Gasteiger partial charge in [0.25, 0.3) is 0 Å². The van der Waals surface area contributed by atoms with Crippen molar-refractivity contribution in [3.05, 3.63) is 0 Å². The molecular formula is C14H28N2O2S. The SMILES string of the molecule is CCC1CN(CCS(=O)(=O)CC)C2(CCCC2)CN1. The molecule has 0 aromatic rings. The maximum Gasteiger partial charge on any atom is 0.151 e. The maximum absolute atomic E-state index is 11.8. The van der Waals surface area contributed by atoms with E-state index in [1.807, 2.05) is 0 Å². The smallest absolute Gasteiger partial charge is 0.151 e. The van der Waals surface area contributed by atoms with Crippen LogP contribution in [0.2, 0.25) is 0 Å². The Hall–Kier alpha value is -0.130. The average Bonchev–Trinajstić information content (AvgIpc) is 2.87. The second-order valence-electron chi connectivity index (χ2n) is 6.10. The van der Waals surface area contributed by atoms with Gasteiger partial charge in [-0.1, -0.05) is 26.7 Å². The first-order chi connectivity index (χ1) is 9.01. The molecule has 1 N–H and O–H groups in total. The van der Waals surface area contributed by atoms with Gasteiger partial charge in [0.1, 0.15) is 0 Å². The lowest BCUT2D eigenvalue weighted by Gasteiger charge is -2.48. The Morgan fingerprint density at radius 1 is 1.26 bits per heavy atom. The molecule has 0 aromatic heterocycles. The Labute approximate surface area is 117 Å². The van der Waals surface area contributed by atoms with Gasteiger partial charge in [0.05, 0.1) is 5.75 Å². The highest BCUT2D eigenvalue weighted by atomic mass is 32.2. The fourth-order valence-corrected chi connectivity index (χ4v) is 4.28. The first-order valence-electron chi connectivity index (χ1n) is 7.70. The molecule has 0 aromatic carbocycles. The number of nitrogens with zero attached hydrogens (tertiary/aromatic N) is 1. The van der Waals surface area contributed by atoms with Gasteiger partial charge in [0.15, 0.2) is 9.84 Å². The quantitative estimate of drug-likeness (QED) is 0.831. The van der Waals surface area contributed by atoms with Crippen LogP contribution in [-0.4, -0.2) is 56.0 Å². The minimum atomic E-state index is -2.85. The van der Waals surface area contributed by atoms with Crippen molar-refractivity contribution in [2.24, 2.45) is 0 Å². The molecule has 19 heavy (non-hydrogen) atoms. The monoisotopic (exact) mass is 288 g/mol. The molecular weight excluding hydrogens is 260 g/mol. The van der Waals surface area contributed by atoms with Crippen LogP contribution in [0.25, 0.3) is 0 Å². The molecule has 1 spiro atoms. The van der Waals surface area contributed by atoms with Crippen molar-refractivity contribution in [1.29, 1.82) is 0 Å². The van der Waals surface area contributed by atoms with Crippen molar-refractivity contribution in [3.63, 3.8) is 0 Å². The molecule has 2 fully saturated rings. The minimum absolute atomic E-state index is 0.245. The Bertz CT molecular complexity index is 388. The summed E-state index contributed by atoms with van der Waals surface area (Å²) in [7, 11) is -2.85. The molecule has 112 valence electrons. The summed E-state index contributed by atoms with van der Waals surface area (Å²) >= 11 is 0. The molecule has 0 radical (unpaired) electrons. The maximum atomic E-state index is 11.8. The summed E-state index contributed by atoms with van der Waals surface area (Å²) in [5.74, 6) is 0.588. The number of rotatable bonds is 5. The van der Waals surface area contributed by atoms with E-state index in [0.29, 0.717) is 18.3 Å². The summed E-state index contributed by atoms with van der Waals surface area (Å²) in [6, 6.07) is 0.524. The molecule has 1 saturated carbocycles. The van der Waals surface area contributed by atoms with Gasteiger partial charge in [0, 0.05) is 37.0 Å². The molecule has 0 amide bonds. The molecule has 1 aliphatic carbocycles. The lowest BCUT2D eigenvalue weighted by atomic mass is 9.90.